The van der Waals surface area contributed by atoms with E-state index in [0.29, 0.717) is 17.9 Å². The van der Waals surface area contributed by atoms with E-state index in [0.717, 1.165) is 6.07 Å². The quantitative estimate of drug-likeness (QED) is 0.185. The standard InChI is InChI=1S/C17H16N4O5S/c1-2-25-15-8-11(10-19-20-17(18)27)6-7-14(15)26-16(22)12-4-3-5-13(9-12)21(23)24/h3-10H,2H2,1H3,(H3,18,20,27)/b19-10+. The van der Waals surface area contributed by atoms with Gasteiger partial charge in [0, 0.05) is 12.1 Å². The fraction of sp³-hybridized carbons (Fsp3) is 0.118. The van der Waals surface area contributed by atoms with Gasteiger partial charge in [-0.1, -0.05) is 6.07 Å². The number of hydrogen-bond acceptors (Lipinski definition) is 7. The van der Waals surface area contributed by atoms with Gasteiger partial charge in [-0.3, -0.25) is 15.5 Å². The summed E-state index contributed by atoms with van der Waals surface area (Å²) in [6.45, 7) is 2.12. The zero-order valence-electron chi connectivity index (χ0n) is 14.2. The fourth-order valence-electron chi connectivity index (χ4n) is 2.03. The highest BCUT2D eigenvalue weighted by Crippen LogP contribution is 2.29. The highest BCUT2D eigenvalue weighted by molar-refractivity contribution is 7.80. The van der Waals surface area contributed by atoms with E-state index < -0.39 is 10.9 Å². The Hall–Kier alpha value is -3.53. The van der Waals surface area contributed by atoms with Crippen LogP contribution in [-0.4, -0.2) is 28.8 Å². The number of hydrogen-bond donors (Lipinski definition) is 2. The topological polar surface area (TPSA) is 129 Å². The molecule has 2 aromatic carbocycles. The maximum Gasteiger partial charge on any atom is 0.343 e. The molecule has 0 spiro atoms. The molecule has 9 nitrogen and oxygen atoms in total. The van der Waals surface area contributed by atoms with Crippen molar-refractivity contribution in [3.8, 4) is 11.5 Å². The first-order valence-corrected chi connectivity index (χ1v) is 8.13. The van der Waals surface area contributed by atoms with Gasteiger partial charge in [-0.05, 0) is 49.0 Å². The Morgan fingerprint density at radius 3 is 2.78 bits per heavy atom. The molecule has 0 fully saturated rings. The van der Waals surface area contributed by atoms with Gasteiger partial charge in [0.05, 0.1) is 23.3 Å². The average molecular weight is 388 g/mol. The van der Waals surface area contributed by atoms with Crippen LogP contribution in [0, 0.1) is 10.1 Å². The first-order chi connectivity index (χ1) is 12.9. The van der Waals surface area contributed by atoms with Crippen molar-refractivity contribution in [2.75, 3.05) is 6.61 Å². The number of thiocarbonyl (C=S) groups is 1. The van der Waals surface area contributed by atoms with E-state index in [1.807, 2.05) is 0 Å². The molecule has 0 unspecified atom stereocenters. The number of hydrazone groups is 1. The Balaban J connectivity index is 2.22. The normalized spacial score (nSPS) is 10.4. The third-order valence-electron chi connectivity index (χ3n) is 3.15. The number of nitro groups is 1. The Morgan fingerprint density at radius 2 is 2.11 bits per heavy atom. The highest BCUT2D eigenvalue weighted by Gasteiger charge is 2.16. The summed E-state index contributed by atoms with van der Waals surface area (Å²) >= 11 is 4.65. The number of esters is 1. The summed E-state index contributed by atoms with van der Waals surface area (Å²) in [6.07, 6.45) is 1.47. The summed E-state index contributed by atoms with van der Waals surface area (Å²) in [5.41, 5.74) is 8.21. The number of nitrogens with one attached hydrogen (secondary N) is 1. The van der Waals surface area contributed by atoms with Crippen LogP contribution < -0.4 is 20.6 Å². The molecule has 27 heavy (non-hydrogen) atoms. The lowest BCUT2D eigenvalue weighted by Gasteiger charge is -2.11. The number of non-ortho nitro benzene ring substituents is 1. The van der Waals surface area contributed by atoms with Crippen molar-refractivity contribution in [1.29, 1.82) is 0 Å². The van der Waals surface area contributed by atoms with Crippen molar-refractivity contribution in [3.63, 3.8) is 0 Å². The summed E-state index contributed by atoms with van der Waals surface area (Å²) in [6, 6.07) is 10.1. The molecule has 3 N–H and O–H groups in total. The van der Waals surface area contributed by atoms with Gasteiger partial charge >= 0.3 is 5.97 Å². The number of rotatable bonds is 7. The van der Waals surface area contributed by atoms with Gasteiger partial charge in [-0.15, -0.1) is 0 Å². The SMILES string of the molecule is CCOc1cc(/C=N/NC(N)=S)ccc1OC(=O)c1cccc([N+](=O)[O-])c1. The van der Waals surface area contributed by atoms with Gasteiger partial charge in [0.1, 0.15) is 0 Å². The van der Waals surface area contributed by atoms with E-state index in [-0.39, 0.29) is 22.1 Å². The number of carbonyl (C=O) groups is 1. The second-order valence-corrected chi connectivity index (χ2v) is 5.51. The molecule has 0 aliphatic rings. The Kier molecular flexibility index (Phi) is 6.78. The van der Waals surface area contributed by atoms with Crippen LogP contribution >= 0.6 is 12.2 Å². The molecule has 0 atom stereocenters. The summed E-state index contributed by atoms with van der Waals surface area (Å²) in [4.78, 5) is 22.6. The van der Waals surface area contributed by atoms with Gasteiger partial charge in [-0.2, -0.15) is 5.10 Å². The molecule has 0 aromatic heterocycles. The molecule has 10 heteroatoms. The van der Waals surface area contributed by atoms with Gasteiger partial charge in [0.15, 0.2) is 16.6 Å². The van der Waals surface area contributed by atoms with Gasteiger partial charge in [0.25, 0.3) is 5.69 Å². The molecule has 0 aliphatic heterocycles. The van der Waals surface area contributed by atoms with Crippen molar-refractivity contribution in [2.45, 2.75) is 6.92 Å². The van der Waals surface area contributed by atoms with E-state index in [1.54, 1.807) is 19.1 Å². The van der Waals surface area contributed by atoms with Crippen LogP contribution in [0.4, 0.5) is 5.69 Å². The minimum atomic E-state index is -0.740. The van der Waals surface area contributed by atoms with Crippen LogP contribution in [0.25, 0.3) is 0 Å². The van der Waals surface area contributed by atoms with Crippen LogP contribution in [0.2, 0.25) is 0 Å². The number of nitrogens with two attached hydrogens (primary N) is 1. The zero-order chi connectivity index (χ0) is 19.8. The van der Waals surface area contributed by atoms with Crippen LogP contribution in [0.1, 0.15) is 22.8 Å². The Labute approximate surface area is 159 Å². The molecule has 0 bridgehead atoms. The zero-order valence-corrected chi connectivity index (χ0v) is 15.1. The van der Waals surface area contributed by atoms with Crippen LogP contribution in [0.15, 0.2) is 47.6 Å². The second kappa shape index (κ2) is 9.25. The molecular formula is C17H16N4O5S. The van der Waals surface area contributed by atoms with Crippen molar-refractivity contribution in [1.82, 2.24) is 5.43 Å². The van der Waals surface area contributed by atoms with Crippen molar-refractivity contribution in [2.24, 2.45) is 10.8 Å². The number of carbonyl (C=O) groups excluding carboxylic acids is 1. The molecule has 0 heterocycles. The van der Waals surface area contributed by atoms with Crippen LogP contribution in [0.5, 0.6) is 11.5 Å². The van der Waals surface area contributed by atoms with Gasteiger partial charge < -0.3 is 15.2 Å². The predicted molar refractivity (Wildman–Crippen MR) is 103 cm³/mol. The smallest absolute Gasteiger partial charge is 0.343 e. The van der Waals surface area contributed by atoms with Gasteiger partial charge in [0.2, 0.25) is 0 Å². The lowest BCUT2D eigenvalue weighted by atomic mass is 10.2. The van der Waals surface area contributed by atoms with E-state index >= 15 is 0 Å². The Morgan fingerprint density at radius 1 is 1.33 bits per heavy atom. The molecule has 2 aromatic rings. The van der Waals surface area contributed by atoms with Crippen molar-refractivity contribution in [3.05, 3.63) is 63.7 Å². The van der Waals surface area contributed by atoms with Crippen LogP contribution in [0.3, 0.4) is 0 Å². The average Bonchev–Trinajstić information content (AvgIpc) is 2.63. The van der Waals surface area contributed by atoms with Gasteiger partial charge in [-0.25, -0.2) is 4.79 Å². The number of nitrogens with zero attached hydrogens (tertiary/aromatic N) is 2. The van der Waals surface area contributed by atoms with E-state index in [1.165, 1.54) is 30.5 Å². The molecule has 0 aliphatic carbocycles. The summed E-state index contributed by atoms with van der Waals surface area (Å²) in [7, 11) is 0. The maximum absolute atomic E-state index is 12.3. The maximum atomic E-state index is 12.3. The van der Waals surface area contributed by atoms with Crippen molar-refractivity contribution < 1.29 is 19.2 Å². The molecule has 140 valence electrons. The summed E-state index contributed by atoms with van der Waals surface area (Å²) in [5, 5.41) is 14.7. The first kappa shape index (κ1) is 19.8. The number of benzene rings is 2. The number of ether oxygens (including phenoxy) is 2. The predicted octanol–water partition coefficient (Wildman–Crippen LogP) is 2.38. The molecular weight excluding hydrogens is 372 g/mol. The van der Waals surface area contributed by atoms with E-state index in [9.17, 15) is 14.9 Å². The molecule has 0 radical (unpaired) electrons. The third kappa shape index (κ3) is 5.75. The minimum absolute atomic E-state index is 0.0267. The van der Waals surface area contributed by atoms with Crippen molar-refractivity contribution >= 4 is 35.2 Å². The molecule has 0 saturated heterocycles. The lowest BCUT2D eigenvalue weighted by molar-refractivity contribution is -0.384. The molecule has 2 rings (SSSR count). The number of nitro benzene ring substituents is 1. The summed E-state index contributed by atoms with van der Waals surface area (Å²) < 4.78 is 10.8. The summed E-state index contributed by atoms with van der Waals surface area (Å²) in [5.74, 6) is -0.250. The van der Waals surface area contributed by atoms with E-state index in [4.69, 9.17) is 15.2 Å². The minimum Gasteiger partial charge on any atom is -0.490 e. The monoisotopic (exact) mass is 388 g/mol. The van der Waals surface area contributed by atoms with Crippen LogP contribution in [-0.2, 0) is 0 Å². The first-order valence-electron chi connectivity index (χ1n) is 7.72. The molecule has 0 saturated carbocycles. The fourth-order valence-corrected chi connectivity index (χ4v) is 2.09. The highest BCUT2D eigenvalue weighted by atomic mass is 32.1. The molecule has 0 amide bonds. The third-order valence-corrected chi connectivity index (χ3v) is 3.24. The Bertz CT molecular complexity index is 901. The largest absolute Gasteiger partial charge is 0.490 e. The lowest BCUT2D eigenvalue weighted by Crippen LogP contribution is -2.23. The second-order valence-electron chi connectivity index (χ2n) is 5.07. The van der Waals surface area contributed by atoms with E-state index in [2.05, 4.69) is 22.7 Å².